The molecule has 0 radical (unpaired) electrons. The van der Waals surface area contributed by atoms with Crippen molar-refractivity contribution in [2.45, 2.75) is 50.5 Å². The van der Waals surface area contributed by atoms with Gasteiger partial charge in [-0.2, -0.15) is 0 Å². The maximum atomic E-state index is 12.4. The molecule has 24 heavy (non-hydrogen) atoms. The van der Waals surface area contributed by atoms with E-state index in [0.29, 0.717) is 24.0 Å². The van der Waals surface area contributed by atoms with Gasteiger partial charge in [0.2, 0.25) is 10.0 Å². The molecule has 1 aliphatic rings. The van der Waals surface area contributed by atoms with Gasteiger partial charge in [0.05, 0.1) is 4.90 Å². The molecule has 1 aliphatic carbocycles. The molecule has 1 saturated carbocycles. The highest BCUT2D eigenvalue weighted by Crippen LogP contribution is 2.17. The maximum Gasteiger partial charge on any atom is 0.240 e. The van der Waals surface area contributed by atoms with E-state index in [9.17, 15) is 8.42 Å². The molecule has 1 aromatic rings. The van der Waals surface area contributed by atoms with E-state index in [4.69, 9.17) is 0 Å². The second-order valence-corrected chi connectivity index (χ2v) is 8.03. The van der Waals surface area contributed by atoms with Gasteiger partial charge in [-0.3, -0.25) is 4.99 Å². The summed E-state index contributed by atoms with van der Waals surface area (Å²) >= 11 is 0. The predicted molar refractivity (Wildman–Crippen MR) is 97.9 cm³/mol. The summed E-state index contributed by atoms with van der Waals surface area (Å²) in [5.74, 6) is 0.729. The van der Waals surface area contributed by atoms with Crippen LogP contribution < -0.4 is 15.4 Å². The van der Waals surface area contributed by atoms with Crippen molar-refractivity contribution in [3.05, 3.63) is 29.3 Å². The highest BCUT2D eigenvalue weighted by molar-refractivity contribution is 7.89. The standard InChI is InChI=1S/C17H28N4O2S/c1-13-8-9-14(2)16(12-13)24(22,23)20-11-10-19-17(18-3)21-15-6-4-5-7-15/h8-9,12,15,20H,4-7,10-11H2,1-3H3,(H2,18,19,21). The number of benzene rings is 1. The van der Waals surface area contributed by atoms with E-state index in [-0.39, 0.29) is 0 Å². The van der Waals surface area contributed by atoms with E-state index in [1.165, 1.54) is 25.7 Å². The van der Waals surface area contributed by atoms with Crippen LogP contribution in [-0.4, -0.2) is 40.6 Å². The number of guanidine groups is 1. The quantitative estimate of drug-likeness (QED) is 0.413. The minimum atomic E-state index is -3.49. The van der Waals surface area contributed by atoms with Gasteiger partial charge < -0.3 is 10.6 Å². The molecule has 3 N–H and O–H groups in total. The van der Waals surface area contributed by atoms with Crippen molar-refractivity contribution in [2.75, 3.05) is 20.1 Å². The Morgan fingerprint density at radius 2 is 1.92 bits per heavy atom. The Hall–Kier alpha value is -1.60. The average Bonchev–Trinajstić information content (AvgIpc) is 3.05. The number of nitrogens with zero attached hydrogens (tertiary/aromatic N) is 1. The van der Waals surface area contributed by atoms with E-state index >= 15 is 0 Å². The van der Waals surface area contributed by atoms with Gasteiger partial charge >= 0.3 is 0 Å². The Labute approximate surface area is 145 Å². The third-order valence-corrected chi connectivity index (χ3v) is 5.87. The van der Waals surface area contributed by atoms with E-state index in [2.05, 4.69) is 20.3 Å². The lowest BCUT2D eigenvalue weighted by molar-refractivity contribution is 0.578. The Bertz CT molecular complexity index is 680. The zero-order chi connectivity index (χ0) is 17.6. The van der Waals surface area contributed by atoms with Crippen LogP contribution in [0.1, 0.15) is 36.8 Å². The molecule has 134 valence electrons. The van der Waals surface area contributed by atoms with Crippen molar-refractivity contribution >= 4 is 16.0 Å². The summed E-state index contributed by atoms with van der Waals surface area (Å²) in [6.07, 6.45) is 4.84. The molecule has 0 atom stereocenters. The SMILES string of the molecule is CN=C(NCCNS(=O)(=O)c1cc(C)ccc1C)NC1CCCC1. The minimum absolute atomic E-state index is 0.307. The van der Waals surface area contributed by atoms with Crippen molar-refractivity contribution in [1.82, 2.24) is 15.4 Å². The molecule has 0 bridgehead atoms. The van der Waals surface area contributed by atoms with Crippen LogP contribution >= 0.6 is 0 Å². The maximum absolute atomic E-state index is 12.4. The second-order valence-electron chi connectivity index (χ2n) is 6.29. The predicted octanol–water partition coefficient (Wildman–Crippen LogP) is 1.69. The Morgan fingerprint density at radius 1 is 1.21 bits per heavy atom. The van der Waals surface area contributed by atoms with Crippen molar-refractivity contribution in [1.29, 1.82) is 0 Å². The van der Waals surface area contributed by atoms with Crippen LogP contribution in [0.2, 0.25) is 0 Å². The van der Waals surface area contributed by atoms with Gasteiger partial charge in [-0.05, 0) is 43.9 Å². The minimum Gasteiger partial charge on any atom is -0.355 e. The number of aliphatic imine (C=N–C) groups is 1. The Morgan fingerprint density at radius 3 is 2.58 bits per heavy atom. The van der Waals surface area contributed by atoms with Crippen LogP contribution in [0.25, 0.3) is 0 Å². The van der Waals surface area contributed by atoms with E-state index < -0.39 is 10.0 Å². The fourth-order valence-electron chi connectivity index (χ4n) is 2.90. The molecule has 0 unspecified atom stereocenters. The van der Waals surface area contributed by atoms with Crippen LogP contribution in [-0.2, 0) is 10.0 Å². The van der Waals surface area contributed by atoms with Crippen LogP contribution in [0.5, 0.6) is 0 Å². The van der Waals surface area contributed by atoms with Gasteiger partial charge in [0.25, 0.3) is 0 Å². The molecule has 1 fully saturated rings. The van der Waals surface area contributed by atoms with Crippen LogP contribution in [0.15, 0.2) is 28.1 Å². The van der Waals surface area contributed by atoms with Crippen LogP contribution in [0.3, 0.4) is 0 Å². The van der Waals surface area contributed by atoms with Crippen LogP contribution in [0.4, 0.5) is 0 Å². The first-order chi connectivity index (χ1) is 11.4. The molecule has 6 nitrogen and oxygen atoms in total. The molecule has 7 heteroatoms. The second kappa shape index (κ2) is 8.48. The van der Waals surface area contributed by atoms with Crippen molar-refractivity contribution in [2.24, 2.45) is 4.99 Å². The molecule has 0 saturated heterocycles. The van der Waals surface area contributed by atoms with Crippen LogP contribution in [0, 0.1) is 13.8 Å². The fourth-order valence-corrected chi connectivity index (χ4v) is 4.26. The van der Waals surface area contributed by atoms with Gasteiger partial charge in [0.1, 0.15) is 0 Å². The number of rotatable bonds is 6. The summed E-state index contributed by atoms with van der Waals surface area (Å²) in [6.45, 7) is 4.48. The first-order valence-electron chi connectivity index (χ1n) is 8.46. The first-order valence-corrected chi connectivity index (χ1v) is 9.95. The Kier molecular flexibility index (Phi) is 6.62. The highest BCUT2D eigenvalue weighted by atomic mass is 32.2. The largest absolute Gasteiger partial charge is 0.355 e. The lowest BCUT2D eigenvalue weighted by atomic mass is 10.2. The summed E-state index contributed by atoms with van der Waals surface area (Å²) < 4.78 is 27.5. The summed E-state index contributed by atoms with van der Waals surface area (Å²) in [4.78, 5) is 4.53. The molecule has 2 rings (SSSR count). The number of sulfonamides is 1. The van der Waals surface area contributed by atoms with E-state index in [1.807, 2.05) is 19.1 Å². The molecule has 0 aromatic heterocycles. The topological polar surface area (TPSA) is 82.6 Å². The van der Waals surface area contributed by atoms with Gasteiger partial charge in [-0.15, -0.1) is 0 Å². The number of hydrogen-bond acceptors (Lipinski definition) is 3. The average molecular weight is 353 g/mol. The first kappa shape index (κ1) is 18.7. The molecular weight excluding hydrogens is 324 g/mol. The number of aryl methyl sites for hydroxylation is 2. The van der Waals surface area contributed by atoms with E-state index in [0.717, 1.165) is 17.1 Å². The van der Waals surface area contributed by atoms with Crippen molar-refractivity contribution in [3.63, 3.8) is 0 Å². The molecule has 0 heterocycles. The van der Waals surface area contributed by atoms with Crippen molar-refractivity contribution < 1.29 is 8.42 Å². The summed E-state index contributed by atoms with van der Waals surface area (Å²) in [5.41, 5.74) is 1.68. The monoisotopic (exact) mass is 352 g/mol. The summed E-state index contributed by atoms with van der Waals surface area (Å²) in [6, 6.07) is 5.92. The number of nitrogens with one attached hydrogen (secondary N) is 3. The van der Waals surface area contributed by atoms with Gasteiger partial charge in [0, 0.05) is 26.2 Å². The fraction of sp³-hybridized carbons (Fsp3) is 0.588. The molecule has 0 spiro atoms. The molecule has 1 aromatic carbocycles. The normalized spacial score (nSPS) is 16.4. The highest BCUT2D eigenvalue weighted by Gasteiger charge is 2.17. The Balaban J connectivity index is 1.83. The lowest BCUT2D eigenvalue weighted by Gasteiger charge is -2.17. The van der Waals surface area contributed by atoms with Gasteiger partial charge in [-0.1, -0.05) is 25.0 Å². The molecule has 0 amide bonds. The summed E-state index contributed by atoms with van der Waals surface area (Å²) in [5, 5.41) is 6.53. The third kappa shape index (κ3) is 5.21. The number of hydrogen-bond donors (Lipinski definition) is 3. The third-order valence-electron chi connectivity index (χ3n) is 4.26. The van der Waals surface area contributed by atoms with Gasteiger partial charge in [-0.25, -0.2) is 13.1 Å². The zero-order valence-electron chi connectivity index (χ0n) is 14.7. The summed E-state index contributed by atoms with van der Waals surface area (Å²) in [7, 11) is -1.76. The van der Waals surface area contributed by atoms with E-state index in [1.54, 1.807) is 20.0 Å². The molecule has 0 aliphatic heterocycles. The lowest BCUT2D eigenvalue weighted by Crippen LogP contribution is -2.44. The molecular formula is C17H28N4O2S. The van der Waals surface area contributed by atoms with Gasteiger partial charge in [0.15, 0.2) is 5.96 Å². The smallest absolute Gasteiger partial charge is 0.240 e. The zero-order valence-corrected chi connectivity index (χ0v) is 15.5. The van der Waals surface area contributed by atoms with Crippen molar-refractivity contribution in [3.8, 4) is 0 Å².